The van der Waals surface area contributed by atoms with Crippen molar-refractivity contribution in [3.8, 4) is 0 Å². The second-order valence-electron chi connectivity index (χ2n) is 6.84. The van der Waals surface area contributed by atoms with Gasteiger partial charge in [0.1, 0.15) is 0 Å². The highest BCUT2D eigenvalue weighted by molar-refractivity contribution is 6.30. The number of anilines is 1. The molecule has 5 nitrogen and oxygen atoms in total. The van der Waals surface area contributed by atoms with Crippen molar-refractivity contribution in [3.63, 3.8) is 0 Å². The summed E-state index contributed by atoms with van der Waals surface area (Å²) in [6.07, 6.45) is 0.785. The summed E-state index contributed by atoms with van der Waals surface area (Å²) in [5.41, 5.74) is 2.77. The highest BCUT2D eigenvalue weighted by Gasteiger charge is 2.18. The van der Waals surface area contributed by atoms with E-state index in [1.54, 1.807) is 4.90 Å². The summed E-state index contributed by atoms with van der Waals surface area (Å²) in [6, 6.07) is 15.1. The first-order chi connectivity index (χ1) is 13.4. The summed E-state index contributed by atoms with van der Waals surface area (Å²) in [5.74, 6) is -0.297. The van der Waals surface area contributed by atoms with E-state index in [4.69, 9.17) is 11.6 Å². The number of carbonyl (C=O) groups excluding carboxylic acids is 2. The number of hydrogen-bond acceptors (Lipinski definition) is 3. The SMILES string of the molecule is CCCN(CC(=O)Nc1ccccc1C)C(=O)CNC(C)c1cccc(Cl)c1. The molecule has 0 aliphatic carbocycles. The van der Waals surface area contributed by atoms with Crippen molar-refractivity contribution >= 4 is 29.1 Å². The molecular formula is C22H28ClN3O2. The number of halogens is 1. The number of rotatable bonds is 9. The summed E-state index contributed by atoms with van der Waals surface area (Å²) in [4.78, 5) is 26.6. The maximum Gasteiger partial charge on any atom is 0.244 e. The van der Waals surface area contributed by atoms with Crippen LogP contribution in [0.15, 0.2) is 48.5 Å². The molecule has 0 heterocycles. The van der Waals surface area contributed by atoms with Crippen LogP contribution < -0.4 is 10.6 Å². The molecule has 2 aromatic carbocycles. The van der Waals surface area contributed by atoms with Gasteiger partial charge in [-0.05, 0) is 49.6 Å². The highest BCUT2D eigenvalue weighted by Crippen LogP contribution is 2.17. The van der Waals surface area contributed by atoms with Crippen molar-refractivity contribution < 1.29 is 9.59 Å². The predicted octanol–water partition coefficient (Wildman–Crippen LogP) is 4.18. The molecule has 2 rings (SSSR count). The molecule has 0 saturated carbocycles. The third-order valence-corrected chi connectivity index (χ3v) is 4.74. The lowest BCUT2D eigenvalue weighted by Gasteiger charge is -2.23. The van der Waals surface area contributed by atoms with Gasteiger partial charge in [0.15, 0.2) is 0 Å². The van der Waals surface area contributed by atoms with Gasteiger partial charge in [-0.2, -0.15) is 0 Å². The Labute approximate surface area is 172 Å². The van der Waals surface area contributed by atoms with Crippen molar-refractivity contribution in [2.45, 2.75) is 33.2 Å². The van der Waals surface area contributed by atoms with Gasteiger partial charge in [0.2, 0.25) is 11.8 Å². The first-order valence-electron chi connectivity index (χ1n) is 9.52. The fourth-order valence-corrected chi connectivity index (χ4v) is 3.08. The molecule has 0 spiro atoms. The zero-order chi connectivity index (χ0) is 20.5. The molecule has 2 amide bonds. The lowest BCUT2D eigenvalue weighted by molar-refractivity contribution is -0.134. The third-order valence-electron chi connectivity index (χ3n) is 4.51. The summed E-state index contributed by atoms with van der Waals surface area (Å²) >= 11 is 6.03. The molecule has 0 bridgehead atoms. The van der Waals surface area contributed by atoms with Crippen molar-refractivity contribution in [2.24, 2.45) is 0 Å². The van der Waals surface area contributed by atoms with E-state index in [1.807, 2.05) is 69.3 Å². The van der Waals surface area contributed by atoms with Gasteiger partial charge in [-0.3, -0.25) is 9.59 Å². The average molecular weight is 402 g/mol. The highest BCUT2D eigenvalue weighted by atomic mass is 35.5. The Morgan fingerprint density at radius 1 is 1.14 bits per heavy atom. The zero-order valence-corrected chi connectivity index (χ0v) is 17.4. The number of para-hydroxylation sites is 1. The van der Waals surface area contributed by atoms with E-state index in [-0.39, 0.29) is 30.9 Å². The molecule has 0 aliphatic rings. The average Bonchev–Trinajstić information content (AvgIpc) is 2.67. The lowest BCUT2D eigenvalue weighted by Crippen LogP contribution is -2.43. The van der Waals surface area contributed by atoms with Crippen LogP contribution in [0.4, 0.5) is 5.69 Å². The van der Waals surface area contributed by atoms with Gasteiger partial charge in [-0.15, -0.1) is 0 Å². The smallest absolute Gasteiger partial charge is 0.244 e. The summed E-state index contributed by atoms with van der Waals surface area (Å²) in [7, 11) is 0. The molecule has 28 heavy (non-hydrogen) atoms. The summed E-state index contributed by atoms with van der Waals surface area (Å²) in [5, 5.41) is 6.76. The van der Waals surface area contributed by atoms with Crippen LogP contribution >= 0.6 is 11.6 Å². The van der Waals surface area contributed by atoms with E-state index < -0.39 is 0 Å². The molecule has 150 valence electrons. The standard InChI is InChI=1S/C22H28ClN3O2/c1-4-12-26(15-21(27)25-20-11-6-5-8-16(20)2)22(28)14-24-17(3)18-9-7-10-19(23)13-18/h5-11,13,17,24H,4,12,14-15H2,1-3H3,(H,25,27). The van der Waals surface area contributed by atoms with E-state index in [1.165, 1.54) is 0 Å². The maximum absolute atomic E-state index is 12.6. The zero-order valence-electron chi connectivity index (χ0n) is 16.7. The second kappa shape index (κ2) is 10.8. The molecule has 0 aliphatic heterocycles. The number of aryl methyl sites for hydroxylation is 1. The van der Waals surface area contributed by atoms with Crippen LogP contribution in [0.5, 0.6) is 0 Å². The van der Waals surface area contributed by atoms with Crippen LogP contribution in [0.25, 0.3) is 0 Å². The first-order valence-corrected chi connectivity index (χ1v) is 9.90. The molecule has 2 aromatic rings. The first kappa shape index (κ1) is 21.9. The number of hydrogen-bond donors (Lipinski definition) is 2. The van der Waals surface area contributed by atoms with Crippen molar-refractivity contribution in [3.05, 3.63) is 64.7 Å². The Hall–Kier alpha value is -2.37. The van der Waals surface area contributed by atoms with Gasteiger partial charge in [0.05, 0.1) is 13.1 Å². The van der Waals surface area contributed by atoms with E-state index in [0.717, 1.165) is 23.2 Å². The molecule has 1 atom stereocenters. The quantitative estimate of drug-likeness (QED) is 0.662. The Morgan fingerprint density at radius 3 is 2.57 bits per heavy atom. The van der Waals surface area contributed by atoms with E-state index in [9.17, 15) is 9.59 Å². The molecule has 0 aromatic heterocycles. The molecule has 2 N–H and O–H groups in total. The van der Waals surface area contributed by atoms with Crippen molar-refractivity contribution in [2.75, 3.05) is 25.0 Å². The monoisotopic (exact) mass is 401 g/mol. The van der Waals surface area contributed by atoms with Crippen molar-refractivity contribution in [1.29, 1.82) is 0 Å². The molecule has 0 saturated heterocycles. The molecule has 0 fully saturated rings. The Kier molecular flexibility index (Phi) is 8.48. The Bertz CT molecular complexity index is 810. The van der Waals surface area contributed by atoms with E-state index in [2.05, 4.69) is 10.6 Å². The van der Waals surface area contributed by atoms with Crippen molar-refractivity contribution in [1.82, 2.24) is 10.2 Å². The molecule has 0 radical (unpaired) electrons. The number of nitrogens with one attached hydrogen (secondary N) is 2. The number of nitrogens with zero attached hydrogens (tertiary/aromatic N) is 1. The second-order valence-corrected chi connectivity index (χ2v) is 7.27. The van der Waals surface area contributed by atoms with E-state index in [0.29, 0.717) is 11.6 Å². The number of amides is 2. The van der Waals surface area contributed by atoms with Crippen LogP contribution in [0, 0.1) is 6.92 Å². The fourth-order valence-electron chi connectivity index (χ4n) is 2.88. The predicted molar refractivity (Wildman–Crippen MR) is 115 cm³/mol. The van der Waals surface area contributed by atoms with E-state index >= 15 is 0 Å². The fraction of sp³-hybridized carbons (Fsp3) is 0.364. The molecular weight excluding hydrogens is 374 g/mol. The van der Waals surface area contributed by atoms with Crippen LogP contribution in [-0.2, 0) is 9.59 Å². The minimum atomic E-state index is -0.195. The maximum atomic E-state index is 12.6. The number of carbonyl (C=O) groups is 2. The minimum Gasteiger partial charge on any atom is -0.332 e. The van der Waals surface area contributed by atoms with Gasteiger partial charge >= 0.3 is 0 Å². The van der Waals surface area contributed by atoms with Gasteiger partial charge in [-0.25, -0.2) is 0 Å². The van der Waals surface area contributed by atoms with Crippen LogP contribution in [0.1, 0.15) is 37.4 Å². The largest absolute Gasteiger partial charge is 0.332 e. The molecule has 1 unspecified atom stereocenters. The van der Waals surface area contributed by atoms with Gasteiger partial charge < -0.3 is 15.5 Å². The van der Waals surface area contributed by atoms with Gasteiger partial charge in [0.25, 0.3) is 0 Å². The van der Waals surface area contributed by atoms with Crippen LogP contribution in [0.2, 0.25) is 5.02 Å². The summed E-state index contributed by atoms with van der Waals surface area (Å²) < 4.78 is 0. The van der Waals surface area contributed by atoms with Gasteiger partial charge in [0, 0.05) is 23.3 Å². The van der Waals surface area contributed by atoms with Crippen LogP contribution in [0.3, 0.4) is 0 Å². The Balaban J connectivity index is 1.91. The van der Waals surface area contributed by atoms with Crippen LogP contribution in [-0.4, -0.2) is 36.3 Å². The Morgan fingerprint density at radius 2 is 1.89 bits per heavy atom. The minimum absolute atomic E-state index is 0.0214. The third kappa shape index (κ3) is 6.66. The normalized spacial score (nSPS) is 11.7. The molecule has 6 heteroatoms. The number of benzene rings is 2. The lowest BCUT2D eigenvalue weighted by atomic mass is 10.1. The topological polar surface area (TPSA) is 61.4 Å². The van der Waals surface area contributed by atoms with Gasteiger partial charge in [-0.1, -0.05) is 48.9 Å². The summed E-state index contributed by atoms with van der Waals surface area (Å²) in [6.45, 7) is 6.63.